The summed E-state index contributed by atoms with van der Waals surface area (Å²) in [5.74, 6) is -0.360. The van der Waals surface area contributed by atoms with E-state index in [-0.39, 0.29) is 18.3 Å². The van der Waals surface area contributed by atoms with Crippen LogP contribution in [-0.4, -0.2) is 43.5 Å². The Labute approximate surface area is 162 Å². The highest BCUT2D eigenvalue weighted by molar-refractivity contribution is 6.32. The van der Waals surface area contributed by atoms with E-state index in [9.17, 15) is 9.18 Å². The topological polar surface area (TPSA) is 59.4 Å². The zero-order valence-electron chi connectivity index (χ0n) is 14.8. The average molecular weight is 387 g/mol. The van der Waals surface area contributed by atoms with Crippen LogP contribution in [0, 0.1) is 17.1 Å². The van der Waals surface area contributed by atoms with E-state index in [1.807, 2.05) is 6.07 Å². The molecule has 1 aliphatic rings. The SMILES string of the molecule is N#Cc1ccc(NC(=O)CN2CCCN(c3ccc(F)cc3)CC2)cc1Cl. The van der Waals surface area contributed by atoms with Crippen LogP contribution in [0.2, 0.25) is 5.02 Å². The Morgan fingerprint density at radius 2 is 1.93 bits per heavy atom. The monoisotopic (exact) mass is 386 g/mol. The number of carbonyl (C=O) groups is 1. The lowest BCUT2D eigenvalue weighted by Crippen LogP contribution is -2.36. The van der Waals surface area contributed by atoms with Gasteiger partial charge in [-0.2, -0.15) is 5.26 Å². The largest absolute Gasteiger partial charge is 0.370 e. The second-order valence-corrected chi connectivity index (χ2v) is 6.85. The first-order chi connectivity index (χ1) is 13.0. The molecule has 0 atom stereocenters. The Morgan fingerprint density at radius 3 is 2.63 bits per heavy atom. The van der Waals surface area contributed by atoms with E-state index < -0.39 is 0 Å². The normalized spacial score (nSPS) is 15.1. The summed E-state index contributed by atoms with van der Waals surface area (Å²) in [4.78, 5) is 16.6. The molecule has 0 radical (unpaired) electrons. The first-order valence-corrected chi connectivity index (χ1v) is 9.15. The van der Waals surface area contributed by atoms with Crippen molar-refractivity contribution >= 4 is 28.9 Å². The molecule has 2 aromatic carbocycles. The van der Waals surface area contributed by atoms with Crippen molar-refractivity contribution in [3.8, 4) is 6.07 Å². The van der Waals surface area contributed by atoms with Gasteiger partial charge < -0.3 is 10.2 Å². The van der Waals surface area contributed by atoms with Crippen molar-refractivity contribution in [2.24, 2.45) is 0 Å². The molecule has 27 heavy (non-hydrogen) atoms. The maximum atomic E-state index is 13.1. The summed E-state index contributed by atoms with van der Waals surface area (Å²) >= 11 is 6.00. The van der Waals surface area contributed by atoms with Gasteiger partial charge >= 0.3 is 0 Å². The minimum Gasteiger partial charge on any atom is -0.370 e. The van der Waals surface area contributed by atoms with E-state index in [4.69, 9.17) is 16.9 Å². The number of nitrogens with zero attached hydrogens (tertiary/aromatic N) is 3. The molecule has 0 spiro atoms. The van der Waals surface area contributed by atoms with Crippen molar-refractivity contribution in [2.45, 2.75) is 6.42 Å². The Morgan fingerprint density at radius 1 is 1.15 bits per heavy atom. The molecule has 0 unspecified atom stereocenters. The molecule has 0 bridgehead atoms. The number of nitriles is 1. The lowest BCUT2D eigenvalue weighted by atomic mass is 10.2. The number of halogens is 2. The Balaban J connectivity index is 1.53. The fourth-order valence-corrected chi connectivity index (χ4v) is 3.35. The second kappa shape index (κ2) is 8.85. The number of carbonyl (C=O) groups excluding carboxylic acids is 1. The van der Waals surface area contributed by atoms with Gasteiger partial charge in [-0.25, -0.2) is 4.39 Å². The first kappa shape index (κ1) is 19.2. The number of hydrogen-bond donors (Lipinski definition) is 1. The average Bonchev–Trinajstić information content (AvgIpc) is 2.88. The minimum absolute atomic E-state index is 0.119. The van der Waals surface area contributed by atoms with Gasteiger partial charge in [0.2, 0.25) is 5.91 Å². The number of rotatable bonds is 4. The predicted molar refractivity (Wildman–Crippen MR) is 104 cm³/mol. The fraction of sp³-hybridized carbons (Fsp3) is 0.300. The summed E-state index contributed by atoms with van der Waals surface area (Å²) in [6.45, 7) is 3.50. The number of anilines is 2. The molecule has 0 aromatic heterocycles. The molecule has 2 aromatic rings. The van der Waals surface area contributed by atoms with Crippen molar-refractivity contribution in [1.29, 1.82) is 5.26 Å². The summed E-state index contributed by atoms with van der Waals surface area (Å²) in [5.41, 5.74) is 1.95. The molecule has 5 nitrogen and oxygen atoms in total. The van der Waals surface area contributed by atoms with Crippen LogP contribution >= 0.6 is 11.6 Å². The molecule has 1 fully saturated rings. The molecular formula is C20H20ClFN4O. The van der Waals surface area contributed by atoms with Gasteiger partial charge in [0.1, 0.15) is 11.9 Å². The minimum atomic E-state index is -0.241. The van der Waals surface area contributed by atoms with Gasteiger partial charge in [-0.15, -0.1) is 0 Å². The van der Waals surface area contributed by atoms with E-state index in [1.165, 1.54) is 12.1 Å². The predicted octanol–water partition coefficient (Wildman–Crippen LogP) is 3.50. The van der Waals surface area contributed by atoms with Crippen molar-refractivity contribution in [3.05, 3.63) is 58.9 Å². The lowest BCUT2D eigenvalue weighted by molar-refractivity contribution is -0.117. The molecule has 1 N–H and O–H groups in total. The van der Waals surface area contributed by atoms with Crippen LogP contribution < -0.4 is 10.2 Å². The lowest BCUT2D eigenvalue weighted by Gasteiger charge is -2.23. The standard InChI is InChI=1S/C20H20ClFN4O/c21-19-12-17(5-2-15(19)13-23)24-20(27)14-25-8-1-9-26(11-10-25)18-6-3-16(22)4-7-18/h2-7,12H,1,8-11,14H2,(H,24,27). The van der Waals surface area contributed by atoms with E-state index in [1.54, 1.807) is 30.3 Å². The number of benzene rings is 2. The van der Waals surface area contributed by atoms with Crippen LogP contribution in [0.25, 0.3) is 0 Å². The second-order valence-electron chi connectivity index (χ2n) is 6.45. The number of nitrogens with one attached hydrogen (secondary N) is 1. The fourth-order valence-electron chi connectivity index (χ4n) is 3.13. The summed E-state index contributed by atoms with van der Waals surface area (Å²) in [6, 6.07) is 13.3. The van der Waals surface area contributed by atoms with Crippen LogP contribution in [0.15, 0.2) is 42.5 Å². The van der Waals surface area contributed by atoms with Gasteiger partial charge in [0.25, 0.3) is 0 Å². The third-order valence-electron chi connectivity index (χ3n) is 4.52. The zero-order chi connectivity index (χ0) is 19.2. The van der Waals surface area contributed by atoms with E-state index in [0.717, 1.165) is 38.3 Å². The Kier molecular flexibility index (Phi) is 6.28. The third kappa shape index (κ3) is 5.19. The van der Waals surface area contributed by atoms with Crippen LogP contribution in [0.4, 0.5) is 15.8 Å². The molecule has 1 heterocycles. The van der Waals surface area contributed by atoms with Gasteiger partial charge in [-0.3, -0.25) is 9.69 Å². The highest BCUT2D eigenvalue weighted by atomic mass is 35.5. The quantitative estimate of drug-likeness (QED) is 0.873. The van der Waals surface area contributed by atoms with Crippen molar-refractivity contribution in [2.75, 3.05) is 42.9 Å². The van der Waals surface area contributed by atoms with Gasteiger partial charge in [0.05, 0.1) is 17.1 Å². The molecule has 7 heteroatoms. The highest BCUT2D eigenvalue weighted by Crippen LogP contribution is 2.20. The van der Waals surface area contributed by atoms with Crippen molar-refractivity contribution in [1.82, 2.24) is 4.90 Å². The molecule has 1 saturated heterocycles. The molecule has 3 rings (SSSR count). The van der Waals surface area contributed by atoms with Crippen LogP contribution in [0.5, 0.6) is 0 Å². The van der Waals surface area contributed by atoms with Gasteiger partial charge in [0.15, 0.2) is 0 Å². The molecule has 0 saturated carbocycles. The highest BCUT2D eigenvalue weighted by Gasteiger charge is 2.17. The zero-order valence-corrected chi connectivity index (χ0v) is 15.5. The van der Waals surface area contributed by atoms with Crippen LogP contribution in [-0.2, 0) is 4.79 Å². The smallest absolute Gasteiger partial charge is 0.238 e. The maximum absolute atomic E-state index is 13.1. The molecule has 1 aliphatic heterocycles. The van der Waals surface area contributed by atoms with Gasteiger partial charge in [-0.05, 0) is 48.9 Å². The van der Waals surface area contributed by atoms with Gasteiger partial charge in [0, 0.05) is 37.6 Å². The van der Waals surface area contributed by atoms with Crippen LogP contribution in [0.1, 0.15) is 12.0 Å². The summed E-state index contributed by atoms with van der Waals surface area (Å²) in [7, 11) is 0. The Bertz CT molecular complexity index is 850. The van der Waals surface area contributed by atoms with E-state index in [0.29, 0.717) is 16.3 Å². The molecule has 1 amide bonds. The summed E-state index contributed by atoms with van der Waals surface area (Å²) in [6.07, 6.45) is 0.924. The molecule has 0 aliphatic carbocycles. The third-order valence-corrected chi connectivity index (χ3v) is 4.83. The van der Waals surface area contributed by atoms with Crippen molar-refractivity contribution < 1.29 is 9.18 Å². The Hall–Kier alpha value is -2.62. The molecule has 140 valence electrons. The molecular weight excluding hydrogens is 367 g/mol. The van der Waals surface area contributed by atoms with Crippen LogP contribution in [0.3, 0.4) is 0 Å². The van der Waals surface area contributed by atoms with E-state index >= 15 is 0 Å². The number of amides is 1. The van der Waals surface area contributed by atoms with E-state index in [2.05, 4.69) is 15.1 Å². The summed E-state index contributed by atoms with van der Waals surface area (Å²) in [5, 5.41) is 12.0. The number of hydrogen-bond acceptors (Lipinski definition) is 4. The maximum Gasteiger partial charge on any atom is 0.238 e. The summed E-state index contributed by atoms with van der Waals surface area (Å²) < 4.78 is 13.1. The van der Waals surface area contributed by atoms with Crippen molar-refractivity contribution in [3.63, 3.8) is 0 Å². The first-order valence-electron chi connectivity index (χ1n) is 8.77. The van der Waals surface area contributed by atoms with Gasteiger partial charge in [-0.1, -0.05) is 11.6 Å².